The maximum Gasteiger partial charge on any atom is 0.257 e. The molecule has 0 aliphatic carbocycles. The molecule has 0 saturated carbocycles. The molecular formula is C26H35N5O4. The highest BCUT2D eigenvalue weighted by molar-refractivity contribution is 5.81. The lowest BCUT2D eigenvalue weighted by Gasteiger charge is -2.31. The molecule has 9 nitrogen and oxygen atoms in total. The first-order valence-corrected chi connectivity index (χ1v) is 12.7. The predicted octanol–water partition coefficient (Wildman–Crippen LogP) is 2.54. The zero-order valence-electron chi connectivity index (χ0n) is 20.6. The molecule has 9 heteroatoms. The van der Waals surface area contributed by atoms with Gasteiger partial charge in [0.15, 0.2) is 5.58 Å². The molecule has 3 aromatic rings. The SMILES string of the molecule is CNCCOc1ccc2c(C3CCN(CCc4c(C)nc5n(c4=O)CCCC5O)CC3)noc2c1. The molecule has 35 heavy (non-hydrogen) atoms. The first kappa shape index (κ1) is 24.0. The van der Waals surface area contributed by atoms with Gasteiger partial charge in [-0.3, -0.25) is 9.36 Å². The number of fused-ring (bicyclic) bond motifs is 2. The molecule has 1 unspecified atom stereocenters. The summed E-state index contributed by atoms with van der Waals surface area (Å²) in [6.07, 6.45) is 3.55. The fourth-order valence-electron chi connectivity index (χ4n) is 5.34. The molecule has 4 heterocycles. The van der Waals surface area contributed by atoms with Crippen LogP contribution in [0.15, 0.2) is 27.5 Å². The first-order valence-electron chi connectivity index (χ1n) is 12.7. The summed E-state index contributed by atoms with van der Waals surface area (Å²) >= 11 is 0. The van der Waals surface area contributed by atoms with Gasteiger partial charge in [0.1, 0.15) is 24.3 Å². The van der Waals surface area contributed by atoms with Crippen molar-refractivity contribution in [3.63, 3.8) is 0 Å². The monoisotopic (exact) mass is 481 g/mol. The van der Waals surface area contributed by atoms with Gasteiger partial charge in [-0.15, -0.1) is 0 Å². The minimum atomic E-state index is -0.631. The molecule has 1 fully saturated rings. The van der Waals surface area contributed by atoms with Gasteiger partial charge in [-0.25, -0.2) is 4.98 Å². The van der Waals surface area contributed by atoms with Gasteiger partial charge in [0.2, 0.25) is 0 Å². The summed E-state index contributed by atoms with van der Waals surface area (Å²) in [5.41, 5.74) is 3.35. The molecular weight excluding hydrogens is 446 g/mol. The van der Waals surface area contributed by atoms with Gasteiger partial charge in [0.25, 0.3) is 5.56 Å². The maximum absolute atomic E-state index is 13.0. The summed E-state index contributed by atoms with van der Waals surface area (Å²) in [7, 11) is 1.90. The van der Waals surface area contributed by atoms with E-state index in [-0.39, 0.29) is 5.56 Å². The lowest BCUT2D eigenvalue weighted by Crippen LogP contribution is -2.37. The third kappa shape index (κ3) is 4.98. The van der Waals surface area contributed by atoms with Gasteiger partial charge in [-0.1, -0.05) is 5.16 Å². The van der Waals surface area contributed by atoms with Crippen LogP contribution in [-0.4, -0.2) is 64.5 Å². The van der Waals surface area contributed by atoms with E-state index < -0.39 is 6.10 Å². The summed E-state index contributed by atoms with van der Waals surface area (Å²) in [5.74, 6) is 1.69. The van der Waals surface area contributed by atoms with Crippen LogP contribution >= 0.6 is 0 Å². The van der Waals surface area contributed by atoms with Crippen molar-refractivity contribution in [2.75, 3.05) is 39.8 Å². The van der Waals surface area contributed by atoms with Crippen molar-refractivity contribution in [3.8, 4) is 5.75 Å². The number of nitrogens with zero attached hydrogens (tertiary/aromatic N) is 4. The van der Waals surface area contributed by atoms with Crippen LogP contribution in [0.1, 0.15) is 60.5 Å². The topological polar surface area (TPSA) is 106 Å². The number of piperidine rings is 1. The second-order valence-corrected chi connectivity index (χ2v) is 9.69. The Morgan fingerprint density at radius 3 is 2.86 bits per heavy atom. The van der Waals surface area contributed by atoms with Gasteiger partial charge in [0.05, 0.1) is 5.69 Å². The molecule has 2 aliphatic heterocycles. The van der Waals surface area contributed by atoms with Crippen LogP contribution in [0.2, 0.25) is 0 Å². The largest absolute Gasteiger partial charge is 0.492 e. The number of benzene rings is 1. The zero-order chi connectivity index (χ0) is 24.4. The smallest absolute Gasteiger partial charge is 0.257 e. The molecule has 0 spiro atoms. The van der Waals surface area contributed by atoms with Crippen LogP contribution in [0.3, 0.4) is 0 Å². The molecule has 1 aromatic carbocycles. The molecule has 0 bridgehead atoms. The summed E-state index contributed by atoms with van der Waals surface area (Å²) < 4.78 is 13.1. The van der Waals surface area contributed by atoms with E-state index in [1.807, 2.05) is 26.1 Å². The van der Waals surface area contributed by atoms with E-state index in [9.17, 15) is 9.90 Å². The molecule has 2 aromatic heterocycles. The molecule has 2 N–H and O–H groups in total. The van der Waals surface area contributed by atoms with Gasteiger partial charge in [-0.2, -0.15) is 0 Å². The molecule has 1 atom stereocenters. The number of likely N-dealkylation sites (tertiary alicyclic amines) is 1. The van der Waals surface area contributed by atoms with E-state index in [4.69, 9.17) is 9.26 Å². The number of aromatic nitrogens is 3. The average Bonchev–Trinajstić information content (AvgIpc) is 3.28. The molecule has 2 aliphatic rings. The van der Waals surface area contributed by atoms with Crippen LogP contribution < -0.4 is 15.6 Å². The number of hydrogen-bond acceptors (Lipinski definition) is 8. The van der Waals surface area contributed by atoms with E-state index in [1.165, 1.54) is 0 Å². The Labute approximate surface area is 205 Å². The number of aliphatic hydroxyl groups excluding tert-OH is 1. The number of ether oxygens (including phenoxy) is 1. The third-order valence-electron chi connectivity index (χ3n) is 7.40. The Balaban J connectivity index is 1.19. The third-order valence-corrected chi connectivity index (χ3v) is 7.40. The highest BCUT2D eigenvalue weighted by Crippen LogP contribution is 2.34. The Bertz CT molecular complexity index is 1230. The molecule has 0 radical (unpaired) electrons. The summed E-state index contributed by atoms with van der Waals surface area (Å²) in [6, 6.07) is 5.96. The Kier molecular flexibility index (Phi) is 7.17. The quantitative estimate of drug-likeness (QED) is 0.473. The van der Waals surface area contributed by atoms with Gasteiger partial charge in [-0.05, 0) is 71.3 Å². The summed E-state index contributed by atoms with van der Waals surface area (Å²) in [5, 5.41) is 18.8. The van der Waals surface area contributed by atoms with Gasteiger partial charge < -0.3 is 24.6 Å². The second kappa shape index (κ2) is 10.5. The van der Waals surface area contributed by atoms with Crippen molar-refractivity contribution in [1.29, 1.82) is 0 Å². The molecule has 1 saturated heterocycles. The first-order chi connectivity index (χ1) is 17.0. The van der Waals surface area contributed by atoms with E-state index in [2.05, 4.69) is 26.4 Å². The highest BCUT2D eigenvalue weighted by atomic mass is 16.5. The predicted molar refractivity (Wildman–Crippen MR) is 133 cm³/mol. The summed E-state index contributed by atoms with van der Waals surface area (Å²) in [6.45, 7) is 6.68. The van der Waals surface area contributed by atoms with Crippen molar-refractivity contribution < 1.29 is 14.4 Å². The van der Waals surface area contributed by atoms with Crippen molar-refractivity contribution in [3.05, 3.63) is 51.3 Å². The Hall–Kier alpha value is -2.75. The average molecular weight is 482 g/mol. The standard InChI is InChI=1S/C26H35N5O4/c1-17-20(26(33)31-11-3-4-22(32)25(31)28-17)9-14-30-12-7-18(8-13-30)24-21-6-5-19(34-15-10-27-2)16-23(21)35-29-24/h5-6,16,18,22,27,32H,3-4,7-15H2,1-2H3. The lowest BCUT2D eigenvalue weighted by molar-refractivity contribution is 0.129. The number of nitrogens with one attached hydrogen (secondary N) is 1. The number of hydrogen-bond donors (Lipinski definition) is 2. The Morgan fingerprint density at radius 1 is 1.23 bits per heavy atom. The molecule has 188 valence electrons. The second-order valence-electron chi connectivity index (χ2n) is 9.69. The van der Waals surface area contributed by atoms with Crippen LogP contribution in [0.25, 0.3) is 11.0 Å². The number of rotatable bonds is 8. The van der Waals surface area contributed by atoms with Crippen LogP contribution in [0.4, 0.5) is 0 Å². The maximum atomic E-state index is 13.0. The van der Waals surface area contributed by atoms with Gasteiger partial charge in [0, 0.05) is 48.3 Å². The number of aryl methyl sites for hydroxylation is 1. The highest BCUT2D eigenvalue weighted by Gasteiger charge is 2.27. The fourth-order valence-corrected chi connectivity index (χ4v) is 5.34. The van der Waals surface area contributed by atoms with E-state index >= 15 is 0 Å². The van der Waals surface area contributed by atoms with Gasteiger partial charge >= 0.3 is 0 Å². The minimum absolute atomic E-state index is 0.0181. The lowest BCUT2D eigenvalue weighted by atomic mass is 9.91. The number of likely N-dealkylation sites (N-methyl/N-ethyl adjacent to an activating group) is 1. The van der Waals surface area contributed by atoms with Crippen molar-refractivity contribution in [2.24, 2.45) is 0 Å². The number of aliphatic hydroxyl groups is 1. The molecule has 0 amide bonds. The Morgan fingerprint density at radius 2 is 2.06 bits per heavy atom. The molecule has 5 rings (SSSR count). The zero-order valence-corrected chi connectivity index (χ0v) is 20.6. The van der Waals surface area contributed by atoms with Crippen molar-refractivity contribution in [2.45, 2.75) is 57.6 Å². The van der Waals surface area contributed by atoms with E-state index in [0.29, 0.717) is 37.7 Å². The van der Waals surface area contributed by atoms with Crippen LogP contribution in [0.5, 0.6) is 5.75 Å². The van der Waals surface area contributed by atoms with E-state index in [0.717, 1.165) is 79.1 Å². The van der Waals surface area contributed by atoms with Crippen LogP contribution in [0, 0.1) is 6.92 Å². The fraction of sp³-hybridized carbons (Fsp3) is 0.577. The van der Waals surface area contributed by atoms with Crippen LogP contribution in [-0.2, 0) is 13.0 Å². The normalized spacial score (nSPS) is 19.2. The summed E-state index contributed by atoms with van der Waals surface area (Å²) in [4.78, 5) is 20.1. The van der Waals surface area contributed by atoms with E-state index in [1.54, 1.807) is 4.57 Å². The van der Waals surface area contributed by atoms with Crippen molar-refractivity contribution >= 4 is 11.0 Å². The van der Waals surface area contributed by atoms with Crippen molar-refractivity contribution in [1.82, 2.24) is 24.9 Å². The minimum Gasteiger partial charge on any atom is -0.492 e.